The van der Waals surface area contributed by atoms with Crippen molar-refractivity contribution in [3.63, 3.8) is 0 Å². The fourth-order valence-corrected chi connectivity index (χ4v) is 3.01. The number of nitrogens with one attached hydrogen (secondary N) is 1. The number of rotatable bonds is 7. The summed E-state index contributed by atoms with van der Waals surface area (Å²) in [6.07, 6.45) is 1.65. The highest BCUT2D eigenvalue weighted by atomic mass is 35.5. The van der Waals surface area contributed by atoms with Gasteiger partial charge in [0, 0.05) is 24.7 Å². The number of hydrogen-bond donors (Lipinski definition) is 1. The van der Waals surface area contributed by atoms with Gasteiger partial charge in [0.05, 0.1) is 25.5 Å². The molecule has 0 aliphatic carbocycles. The van der Waals surface area contributed by atoms with Crippen molar-refractivity contribution in [3.8, 4) is 5.75 Å². The van der Waals surface area contributed by atoms with Crippen molar-refractivity contribution in [1.29, 1.82) is 0 Å². The lowest BCUT2D eigenvalue weighted by Gasteiger charge is -2.33. The SMILES string of the molecule is Cc1cc(OCC(=O)NC[C@@H](c2ccco2)N2CCOCC2)ccc1Cl. The lowest BCUT2D eigenvalue weighted by Crippen LogP contribution is -2.44. The van der Waals surface area contributed by atoms with Crippen LogP contribution >= 0.6 is 11.6 Å². The average Bonchev–Trinajstić information content (AvgIpc) is 3.18. The molecule has 3 rings (SSSR count). The number of benzene rings is 1. The molecule has 1 atom stereocenters. The van der Waals surface area contributed by atoms with E-state index >= 15 is 0 Å². The summed E-state index contributed by atoms with van der Waals surface area (Å²) in [7, 11) is 0. The number of carbonyl (C=O) groups is 1. The number of hydrogen-bond acceptors (Lipinski definition) is 5. The Kier molecular flexibility index (Phi) is 6.55. The Morgan fingerprint density at radius 1 is 1.35 bits per heavy atom. The molecule has 140 valence electrons. The lowest BCUT2D eigenvalue weighted by atomic mass is 10.1. The van der Waals surface area contributed by atoms with Gasteiger partial charge < -0.3 is 19.2 Å². The van der Waals surface area contributed by atoms with Crippen LogP contribution in [0.4, 0.5) is 0 Å². The number of halogens is 1. The summed E-state index contributed by atoms with van der Waals surface area (Å²) in [5, 5.41) is 3.61. The molecule has 1 aliphatic rings. The number of aryl methyl sites for hydroxylation is 1. The summed E-state index contributed by atoms with van der Waals surface area (Å²) >= 11 is 5.99. The van der Waals surface area contributed by atoms with Gasteiger partial charge in [-0.25, -0.2) is 0 Å². The van der Waals surface area contributed by atoms with E-state index in [1.54, 1.807) is 18.4 Å². The largest absolute Gasteiger partial charge is 0.484 e. The van der Waals surface area contributed by atoms with E-state index in [1.807, 2.05) is 25.1 Å². The molecule has 0 unspecified atom stereocenters. The van der Waals surface area contributed by atoms with Crippen molar-refractivity contribution >= 4 is 17.5 Å². The smallest absolute Gasteiger partial charge is 0.258 e. The minimum absolute atomic E-state index is 0.0179. The predicted molar refractivity (Wildman–Crippen MR) is 98.5 cm³/mol. The topological polar surface area (TPSA) is 63.9 Å². The van der Waals surface area contributed by atoms with Crippen molar-refractivity contribution in [3.05, 3.63) is 52.9 Å². The molecule has 2 heterocycles. The minimum atomic E-state index is -0.178. The Morgan fingerprint density at radius 3 is 2.85 bits per heavy atom. The van der Waals surface area contributed by atoms with Crippen LogP contribution in [0, 0.1) is 6.92 Å². The van der Waals surface area contributed by atoms with Gasteiger partial charge in [-0.15, -0.1) is 0 Å². The molecule has 1 aromatic heterocycles. The van der Waals surface area contributed by atoms with Gasteiger partial charge in [-0.3, -0.25) is 9.69 Å². The summed E-state index contributed by atoms with van der Waals surface area (Å²) in [4.78, 5) is 14.4. The van der Waals surface area contributed by atoms with E-state index < -0.39 is 0 Å². The maximum absolute atomic E-state index is 12.2. The molecule has 2 aromatic rings. The van der Waals surface area contributed by atoms with Crippen molar-refractivity contribution in [2.24, 2.45) is 0 Å². The second kappa shape index (κ2) is 9.07. The van der Waals surface area contributed by atoms with Gasteiger partial charge in [0.15, 0.2) is 6.61 Å². The van der Waals surface area contributed by atoms with E-state index in [4.69, 9.17) is 25.5 Å². The molecule has 1 aliphatic heterocycles. The van der Waals surface area contributed by atoms with Crippen LogP contribution in [0.3, 0.4) is 0 Å². The van der Waals surface area contributed by atoms with E-state index in [9.17, 15) is 4.79 Å². The van der Waals surface area contributed by atoms with Crippen LogP contribution in [0.15, 0.2) is 41.0 Å². The minimum Gasteiger partial charge on any atom is -0.484 e. The van der Waals surface area contributed by atoms with Crippen LogP contribution in [0.2, 0.25) is 5.02 Å². The molecule has 1 aromatic carbocycles. The van der Waals surface area contributed by atoms with Crippen molar-refractivity contribution in [2.45, 2.75) is 13.0 Å². The molecule has 26 heavy (non-hydrogen) atoms. The first-order valence-corrected chi connectivity index (χ1v) is 9.02. The fourth-order valence-electron chi connectivity index (χ4n) is 2.90. The fraction of sp³-hybridized carbons (Fsp3) is 0.421. The number of nitrogens with zero attached hydrogens (tertiary/aromatic N) is 1. The molecular formula is C19H23ClN2O4. The van der Waals surface area contributed by atoms with Gasteiger partial charge in [0.2, 0.25) is 0 Å². The first kappa shape index (κ1) is 18.8. The van der Waals surface area contributed by atoms with Crippen molar-refractivity contribution in [1.82, 2.24) is 10.2 Å². The quantitative estimate of drug-likeness (QED) is 0.802. The van der Waals surface area contributed by atoms with Gasteiger partial charge in [-0.05, 0) is 42.8 Å². The molecular weight excluding hydrogens is 356 g/mol. The van der Waals surface area contributed by atoms with Crippen LogP contribution in [0.25, 0.3) is 0 Å². The summed E-state index contributed by atoms with van der Waals surface area (Å²) in [6, 6.07) is 9.10. The average molecular weight is 379 g/mol. The molecule has 1 N–H and O–H groups in total. The second-order valence-electron chi connectivity index (χ2n) is 6.18. The first-order chi connectivity index (χ1) is 12.6. The molecule has 1 saturated heterocycles. The van der Waals surface area contributed by atoms with Crippen LogP contribution in [0.5, 0.6) is 5.75 Å². The highest BCUT2D eigenvalue weighted by Gasteiger charge is 2.25. The highest BCUT2D eigenvalue weighted by molar-refractivity contribution is 6.31. The predicted octanol–water partition coefficient (Wildman–Crippen LogP) is 2.81. The summed E-state index contributed by atoms with van der Waals surface area (Å²) < 4.78 is 16.5. The maximum atomic E-state index is 12.2. The van der Waals surface area contributed by atoms with E-state index in [2.05, 4.69) is 10.2 Å². The van der Waals surface area contributed by atoms with Crippen LogP contribution in [0.1, 0.15) is 17.4 Å². The first-order valence-electron chi connectivity index (χ1n) is 8.64. The Balaban J connectivity index is 1.52. The number of carbonyl (C=O) groups excluding carboxylic acids is 1. The molecule has 7 heteroatoms. The number of furan rings is 1. The maximum Gasteiger partial charge on any atom is 0.258 e. The van der Waals surface area contributed by atoms with Gasteiger partial charge in [-0.2, -0.15) is 0 Å². The van der Waals surface area contributed by atoms with E-state index in [1.165, 1.54) is 0 Å². The van der Waals surface area contributed by atoms with E-state index in [-0.39, 0.29) is 18.6 Å². The van der Waals surface area contributed by atoms with Crippen molar-refractivity contribution < 1.29 is 18.7 Å². The Bertz CT molecular complexity index is 714. The number of amides is 1. The molecule has 0 bridgehead atoms. The van der Waals surface area contributed by atoms with Gasteiger partial charge in [0.25, 0.3) is 5.91 Å². The van der Waals surface area contributed by atoms with Crippen LogP contribution in [-0.4, -0.2) is 50.3 Å². The van der Waals surface area contributed by atoms with E-state index in [0.29, 0.717) is 30.5 Å². The number of morpholine rings is 1. The second-order valence-corrected chi connectivity index (χ2v) is 6.59. The third kappa shape index (κ3) is 5.00. The Hall–Kier alpha value is -2.02. The monoisotopic (exact) mass is 378 g/mol. The molecule has 0 spiro atoms. The molecule has 0 saturated carbocycles. The normalized spacial score (nSPS) is 16.2. The third-order valence-electron chi connectivity index (χ3n) is 4.35. The highest BCUT2D eigenvalue weighted by Crippen LogP contribution is 2.22. The third-order valence-corrected chi connectivity index (χ3v) is 4.77. The zero-order valence-corrected chi connectivity index (χ0v) is 15.5. The number of ether oxygens (including phenoxy) is 2. The molecule has 6 nitrogen and oxygen atoms in total. The van der Waals surface area contributed by atoms with Gasteiger partial charge >= 0.3 is 0 Å². The molecule has 1 amide bonds. The van der Waals surface area contributed by atoms with Gasteiger partial charge in [-0.1, -0.05) is 11.6 Å². The van der Waals surface area contributed by atoms with Crippen LogP contribution < -0.4 is 10.1 Å². The zero-order valence-electron chi connectivity index (χ0n) is 14.7. The lowest BCUT2D eigenvalue weighted by molar-refractivity contribution is -0.123. The van der Waals surface area contributed by atoms with E-state index in [0.717, 1.165) is 24.4 Å². The molecule has 1 fully saturated rings. The van der Waals surface area contributed by atoms with Gasteiger partial charge in [0.1, 0.15) is 11.5 Å². The molecule has 0 radical (unpaired) electrons. The summed E-state index contributed by atoms with van der Waals surface area (Å²) in [5.41, 5.74) is 0.912. The zero-order chi connectivity index (χ0) is 18.4. The standard InChI is InChI=1S/C19H23ClN2O4/c1-14-11-15(4-5-16(14)20)26-13-19(23)21-12-17(18-3-2-8-25-18)22-6-9-24-10-7-22/h2-5,8,11,17H,6-7,9-10,12-13H2,1H3,(H,21,23)/t17-/m0/s1. The van der Waals surface area contributed by atoms with Crippen LogP contribution in [-0.2, 0) is 9.53 Å². The summed E-state index contributed by atoms with van der Waals surface area (Å²) in [5.74, 6) is 1.28. The van der Waals surface area contributed by atoms with Crippen molar-refractivity contribution in [2.75, 3.05) is 39.5 Å². The Morgan fingerprint density at radius 2 is 2.15 bits per heavy atom. The Labute approximate surface area is 158 Å². The summed E-state index contributed by atoms with van der Waals surface area (Å²) in [6.45, 7) is 5.29.